The van der Waals surface area contributed by atoms with E-state index in [9.17, 15) is 4.79 Å². The van der Waals surface area contributed by atoms with Crippen LogP contribution in [0.25, 0.3) is 22.3 Å². The van der Waals surface area contributed by atoms with Crippen molar-refractivity contribution in [2.75, 3.05) is 0 Å². The Morgan fingerprint density at radius 2 is 2.22 bits per heavy atom. The molecule has 0 aliphatic rings. The van der Waals surface area contributed by atoms with Gasteiger partial charge in [-0.05, 0) is 34.9 Å². The van der Waals surface area contributed by atoms with Crippen molar-refractivity contribution in [1.29, 1.82) is 0 Å². The van der Waals surface area contributed by atoms with Crippen LogP contribution in [0.3, 0.4) is 0 Å². The third-order valence-electron chi connectivity index (χ3n) is 3.24. The minimum absolute atomic E-state index is 0.227. The summed E-state index contributed by atoms with van der Waals surface area (Å²) in [5, 5.41) is 17.1. The van der Waals surface area contributed by atoms with Crippen LogP contribution >= 0.6 is 22.9 Å². The number of H-pyrrole nitrogens is 1. The summed E-state index contributed by atoms with van der Waals surface area (Å²) in [4.78, 5) is 20.6. The number of hydrogen-bond acceptors (Lipinski definition) is 6. The summed E-state index contributed by atoms with van der Waals surface area (Å²) in [6.07, 6.45) is 0. The fourth-order valence-electron chi connectivity index (χ4n) is 2.19. The molecule has 0 saturated carbocycles. The van der Waals surface area contributed by atoms with E-state index in [0.29, 0.717) is 27.6 Å². The van der Waals surface area contributed by atoms with Crippen LogP contribution in [0.4, 0.5) is 0 Å². The predicted octanol–water partition coefficient (Wildman–Crippen LogP) is 2.34. The monoisotopic (exact) mass is 344 g/mol. The molecule has 0 amide bonds. The summed E-state index contributed by atoms with van der Waals surface area (Å²) < 4.78 is 0. The fraction of sp³-hybridized carbons (Fsp3) is 0.0714. The number of benzene rings is 1. The van der Waals surface area contributed by atoms with E-state index < -0.39 is 0 Å². The van der Waals surface area contributed by atoms with Crippen LogP contribution in [0.2, 0.25) is 5.02 Å². The van der Waals surface area contributed by atoms with Crippen LogP contribution in [-0.2, 0) is 6.54 Å². The smallest absolute Gasteiger partial charge is 0.258 e. The van der Waals surface area contributed by atoms with Gasteiger partial charge in [0.25, 0.3) is 5.56 Å². The Hall–Kier alpha value is -2.58. The molecule has 4 aromatic rings. The molecule has 0 spiro atoms. The first-order valence-corrected chi connectivity index (χ1v) is 8.00. The minimum Gasteiger partial charge on any atom is -0.308 e. The number of hydrogen-bond donors (Lipinski definition) is 1. The number of tetrazole rings is 1. The van der Waals surface area contributed by atoms with Crippen LogP contribution < -0.4 is 5.56 Å². The Balaban J connectivity index is 1.68. The molecule has 3 aromatic heterocycles. The van der Waals surface area contributed by atoms with E-state index in [-0.39, 0.29) is 12.1 Å². The first-order chi connectivity index (χ1) is 11.2. The predicted molar refractivity (Wildman–Crippen MR) is 87.6 cm³/mol. The normalized spacial score (nSPS) is 11.2. The van der Waals surface area contributed by atoms with E-state index in [0.717, 1.165) is 5.56 Å². The number of thiophene rings is 1. The van der Waals surface area contributed by atoms with Crippen LogP contribution in [0.15, 0.2) is 39.8 Å². The van der Waals surface area contributed by atoms with Gasteiger partial charge in [0.05, 0.1) is 10.9 Å². The molecule has 7 nitrogen and oxygen atoms in total. The van der Waals surface area contributed by atoms with Crippen LogP contribution in [0.1, 0.15) is 5.82 Å². The van der Waals surface area contributed by atoms with Gasteiger partial charge in [0.1, 0.15) is 12.4 Å². The van der Waals surface area contributed by atoms with Gasteiger partial charge in [-0.1, -0.05) is 11.6 Å². The standard InChI is InChI=1S/C14H9ClN6OS/c15-9-1-2-11-10(5-9)14(22)17-12(16-11)6-21-19-13(18-20-21)8-3-4-23-7-8/h1-5,7H,6H2,(H,16,17,22). The molecule has 0 aliphatic heterocycles. The van der Waals surface area contributed by atoms with Gasteiger partial charge < -0.3 is 4.98 Å². The quantitative estimate of drug-likeness (QED) is 0.616. The number of halogens is 1. The molecule has 23 heavy (non-hydrogen) atoms. The highest BCUT2D eigenvalue weighted by Gasteiger charge is 2.09. The lowest BCUT2D eigenvalue weighted by molar-refractivity contribution is 0.555. The van der Waals surface area contributed by atoms with Crippen molar-refractivity contribution in [3.63, 3.8) is 0 Å². The number of nitrogens with one attached hydrogen (secondary N) is 1. The SMILES string of the molecule is O=c1[nH]c(Cn2nnc(-c3ccsc3)n2)nc2ccc(Cl)cc12. The largest absolute Gasteiger partial charge is 0.308 e. The summed E-state index contributed by atoms with van der Waals surface area (Å²) in [7, 11) is 0. The Morgan fingerprint density at radius 1 is 1.30 bits per heavy atom. The Labute approximate surface area is 138 Å². The zero-order valence-corrected chi connectivity index (χ0v) is 13.2. The Bertz CT molecular complexity index is 1040. The summed E-state index contributed by atoms with van der Waals surface area (Å²) in [5.74, 6) is 1.00. The second-order valence-electron chi connectivity index (χ2n) is 4.83. The number of nitrogens with zero attached hydrogens (tertiary/aromatic N) is 5. The molecule has 1 aromatic carbocycles. The molecule has 1 N–H and O–H groups in total. The highest BCUT2D eigenvalue weighted by atomic mass is 35.5. The van der Waals surface area contributed by atoms with E-state index in [1.54, 1.807) is 29.5 Å². The lowest BCUT2D eigenvalue weighted by atomic mass is 10.2. The molecule has 0 fully saturated rings. The number of aromatic nitrogens is 6. The summed E-state index contributed by atoms with van der Waals surface area (Å²) >= 11 is 7.46. The van der Waals surface area contributed by atoms with E-state index >= 15 is 0 Å². The summed E-state index contributed by atoms with van der Waals surface area (Å²) in [6.45, 7) is 0.227. The maximum atomic E-state index is 12.1. The van der Waals surface area contributed by atoms with Crippen molar-refractivity contribution in [3.8, 4) is 11.4 Å². The molecule has 0 bridgehead atoms. The topological polar surface area (TPSA) is 89.4 Å². The summed E-state index contributed by atoms with van der Waals surface area (Å²) in [5.41, 5.74) is 1.24. The minimum atomic E-state index is -0.245. The van der Waals surface area contributed by atoms with Crippen LogP contribution in [0.5, 0.6) is 0 Å². The van der Waals surface area contributed by atoms with E-state index in [1.807, 2.05) is 16.8 Å². The first-order valence-electron chi connectivity index (χ1n) is 6.68. The van der Waals surface area contributed by atoms with Crippen LogP contribution in [0, 0.1) is 0 Å². The molecule has 0 aliphatic carbocycles. The lowest BCUT2D eigenvalue weighted by Gasteiger charge is -2.02. The van der Waals surface area contributed by atoms with Gasteiger partial charge in [0, 0.05) is 16.0 Å². The fourth-order valence-corrected chi connectivity index (χ4v) is 2.99. The maximum Gasteiger partial charge on any atom is 0.258 e. The maximum absolute atomic E-state index is 12.1. The highest BCUT2D eigenvalue weighted by Crippen LogP contribution is 2.17. The zero-order valence-electron chi connectivity index (χ0n) is 11.6. The molecule has 0 saturated heterocycles. The molecule has 0 unspecified atom stereocenters. The van der Waals surface area contributed by atoms with Gasteiger partial charge >= 0.3 is 0 Å². The van der Waals surface area contributed by atoms with Gasteiger partial charge in [-0.3, -0.25) is 4.79 Å². The average molecular weight is 345 g/mol. The molecular weight excluding hydrogens is 336 g/mol. The third-order valence-corrected chi connectivity index (χ3v) is 4.16. The Kier molecular flexibility index (Phi) is 3.40. The molecule has 0 atom stereocenters. The van der Waals surface area contributed by atoms with Crippen molar-refractivity contribution in [1.82, 2.24) is 30.2 Å². The van der Waals surface area contributed by atoms with Gasteiger partial charge in [0.2, 0.25) is 5.82 Å². The Morgan fingerprint density at radius 3 is 3.04 bits per heavy atom. The molecular formula is C14H9ClN6OS. The average Bonchev–Trinajstić information content (AvgIpc) is 3.19. The second-order valence-corrected chi connectivity index (χ2v) is 6.05. The van der Waals surface area contributed by atoms with Crippen molar-refractivity contribution in [2.24, 2.45) is 0 Å². The van der Waals surface area contributed by atoms with Crippen molar-refractivity contribution in [2.45, 2.75) is 6.54 Å². The van der Waals surface area contributed by atoms with Gasteiger partial charge in [-0.15, -0.1) is 10.2 Å². The number of fused-ring (bicyclic) bond motifs is 1. The van der Waals surface area contributed by atoms with E-state index in [1.165, 1.54) is 4.80 Å². The molecule has 0 radical (unpaired) electrons. The first kappa shape index (κ1) is 14.0. The molecule has 3 heterocycles. The van der Waals surface area contributed by atoms with Crippen molar-refractivity contribution in [3.05, 3.63) is 56.2 Å². The van der Waals surface area contributed by atoms with Crippen molar-refractivity contribution >= 4 is 33.8 Å². The van der Waals surface area contributed by atoms with Gasteiger partial charge in [-0.25, -0.2) is 4.98 Å². The van der Waals surface area contributed by atoms with E-state index in [2.05, 4.69) is 25.4 Å². The molecule has 114 valence electrons. The number of aromatic amines is 1. The van der Waals surface area contributed by atoms with Gasteiger partial charge in [-0.2, -0.15) is 16.1 Å². The van der Waals surface area contributed by atoms with E-state index in [4.69, 9.17) is 11.6 Å². The second kappa shape index (κ2) is 5.56. The zero-order chi connectivity index (χ0) is 15.8. The lowest BCUT2D eigenvalue weighted by Crippen LogP contribution is -2.15. The molecule has 9 heteroatoms. The third kappa shape index (κ3) is 2.73. The van der Waals surface area contributed by atoms with Crippen molar-refractivity contribution < 1.29 is 0 Å². The van der Waals surface area contributed by atoms with Crippen LogP contribution in [-0.4, -0.2) is 30.2 Å². The highest BCUT2D eigenvalue weighted by molar-refractivity contribution is 7.08. The molecule has 4 rings (SSSR count). The summed E-state index contributed by atoms with van der Waals surface area (Å²) in [6, 6.07) is 6.92. The number of rotatable bonds is 3. The van der Waals surface area contributed by atoms with Gasteiger partial charge in [0.15, 0.2) is 0 Å².